The lowest BCUT2D eigenvalue weighted by atomic mass is 10.1. The van der Waals surface area contributed by atoms with Crippen LogP contribution in [0.15, 0.2) is 35.3 Å². The van der Waals surface area contributed by atoms with Crippen LogP contribution in [0.4, 0.5) is 17.5 Å². The van der Waals surface area contributed by atoms with Crippen molar-refractivity contribution >= 4 is 45.9 Å². The van der Waals surface area contributed by atoms with Crippen LogP contribution in [0.3, 0.4) is 0 Å². The highest BCUT2D eigenvalue weighted by Gasteiger charge is 2.17. The van der Waals surface area contributed by atoms with Crippen molar-refractivity contribution in [1.29, 1.82) is 0 Å². The number of halogens is 1. The van der Waals surface area contributed by atoms with E-state index in [-0.39, 0.29) is 29.9 Å². The van der Waals surface area contributed by atoms with Crippen molar-refractivity contribution in [1.82, 2.24) is 19.9 Å². The van der Waals surface area contributed by atoms with Crippen molar-refractivity contribution in [3.05, 3.63) is 45.8 Å². The molecule has 1 aromatic carbocycles. The summed E-state index contributed by atoms with van der Waals surface area (Å²) in [5, 5.41) is 6.98. The zero-order valence-corrected chi connectivity index (χ0v) is 20.4. The number of carbonyl (C=O) groups excluding carboxylic acids is 1. The number of aromatic nitrogens is 3. The molecule has 3 heterocycles. The van der Waals surface area contributed by atoms with Crippen molar-refractivity contribution in [2.75, 3.05) is 37.0 Å². The molecule has 4 rings (SSSR count). The van der Waals surface area contributed by atoms with E-state index < -0.39 is 0 Å². The average Bonchev–Trinajstić information content (AvgIpc) is 2.84. The summed E-state index contributed by atoms with van der Waals surface area (Å²) in [6.45, 7) is 5.49. The Balaban J connectivity index is 1.68. The van der Waals surface area contributed by atoms with Gasteiger partial charge in [-0.2, -0.15) is 4.98 Å². The molecule has 0 radical (unpaired) electrons. The number of carbonyl (C=O) groups is 1. The maximum absolute atomic E-state index is 13.0. The number of nitrogens with zero attached hydrogens (tertiary/aromatic N) is 4. The molecule has 2 aromatic heterocycles. The minimum absolute atomic E-state index is 0.0965. The van der Waals surface area contributed by atoms with Gasteiger partial charge in [-0.15, -0.1) is 0 Å². The molecule has 1 fully saturated rings. The Morgan fingerprint density at radius 2 is 1.97 bits per heavy atom. The first-order chi connectivity index (χ1) is 16.4. The first-order valence-electron chi connectivity index (χ1n) is 11.4. The number of piperidine rings is 1. The minimum atomic E-state index is -0.311. The molecule has 1 aliphatic heterocycles. The molecule has 0 saturated carbocycles. The highest BCUT2D eigenvalue weighted by Crippen LogP contribution is 2.29. The molecular formula is C24H29ClN6O3. The van der Waals surface area contributed by atoms with Crippen LogP contribution in [-0.4, -0.2) is 47.2 Å². The fourth-order valence-electron chi connectivity index (χ4n) is 4.06. The Morgan fingerprint density at radius 3 is 2.68 bits per heavy atom. The van der Waals surface area contributed by atoms with Crippen LogP contribution in [0, 0.1) is 0 Å². The van der Waals surface area contributed by atoms with Gasteiger partial charge >= 0.3 is 0 Å². The van der Waals surface area contributed by atoms with Gasteiger partial charge in [0.2, 0.25) is 5.95 Å². The van der Waals surface area contributed by atoms with Gasteiger partial charge in [-0.25, -0.2) is 4.98 Å². The van der Waals surface area contributed by atoms with Gasteiger partial charge in [-0.3, -0.25) is 9.59 Å². The number of benzene rings is 1. The maximum atomic E-state index is 13.0. The van der Waals surface area contributed by atoms with E-state index >= 15 is 0 Å². The number of rotatable bonds is 7. The van der Waals surface area contributed by atoms with Crippen LogP contribution in [0.2, 0.25) is 5.02 Å². The van der Waals surface area contributed by atoms with E-state index in [9.17, 15) is 9.59 Å². The number of pyridine rings is 1. The van der Waals surface area contributed by atoms with E-state index in [1.54, 1.807) is 16.8 Å². The zero-order valence-electron chi connectivity index (χ0n) is 19.6. The van der Waals surface area contributed by atoms with Gasteiger partial charge in [0.05, 0.1) is 11.7 Å². The van der Waals surface area contributed by atoms with Crippen LogP contribution in [0.25, 0.3) is 10.9 Å². The third-order valence-corrected chi connectivity index (χ3v) is 6.07. The minimum Gasteiger partial charge on any atom is -0.478 e. The molecule has 0 bridgehead atoms. The van der Waals surface area contributed by atoms with Gasteiger partial charge in [0.25, 0.3) is 11.5 Å². The van der Waals surface area contributed by atoms with Gasteiger partial charge in [-0.05, 0) is 57.4 Å². The SMILES string of the molecule is CNC(=O)COc1cc2cc(Nc3nc(N4CCCCC4)ncc3Cl)ccc2n(C(C)C)c1=O. The summed E-state index contributed by atoms with van der Waals surface area (Å²) in [4.78, 5) is 35.8. The van der Waals surface area contributed by atoms with Crippen LogP contribution in [-0.2, 0) is 4.79 Å². The number of hydrogen-bond acceptors (Lipinski definition) is 7. The summed E-state index contributed by atoms with van der Waals surface area (Å²) in [5.41, 5.74) is 1.24. The van der Waals surface area contributed by atoms with Gasteiger partial charge in [-0.1, -0.05) is 11.6 Å². The second-order valence-electron chi connectivity index (χ2n) is 8.55. The lowest BCUT2D eigenvalue weighted by Crippen LogP contribution is -2.31. The molecular weight excluding hydrogens is 456 g/mol. The van der Waals surface area contributed by atoms with E-state index in [0.717, 1.165) is 42.5 Å². The second-order valence-corrected chi connectivity index (χ2v) is 8.96. The van der Waals surface area contributed by atoms with E-state index in [0.29, 0.717) is 16.8 Å². The molecule has 34 heavy (non-hydrogen) atoms. The quantitative estimate of drug-likeness (QED) is 0.524. The Kier molecular flexibility index (Phi) is 7.21. The van der Waals surface area contributed by atoms with E-state index in [1.807, 2.05) is 32.0 Å². The smallest absolute Gasteiger partial charge is 0.293 e. The van der Waals surface area contributed by atoms with Crippen LogP contribution < -0.4 is 25.8 Å². The highest BCUT2D eigenvalue weighted by atomic mass is 35.5. The predicted molar refractivity (Wildman–Crippen MR) is 135 cm³/mol. The summed E-state index contributed by atoms with van der Waals surface area (Å²) in [5.74, 6) is 0.985. The standard InChI is InChI=1S/C24H29ClN6O3/c1-15(2)31-19-8-7-17(11-16(19)12-20(23(31)33)34-14-21(32)26-3)28-22-18(25)13-27-24(29-22)30-9-5-4-6-10-30/h7-8,11-13,15H,4-6,9-10,14H2,1-3H3,(H,26,32)(H,27,28,29). The lowest BCUT2D eigenvalue weighted by molar-refractivity contribution is -0.122. The lowest BCUT2D eigenvalue weighted by Gasteiger charge is -2.27. The molecule has 9 nitrogen and oxygen atoms in total. The molecule has 0 aliphatic carbocycles. The van der Waals surface area contributed by atoms with Crippen molar-refractivity contribution < 1.29 is 9.53 Å². The highest BCUT2D eigenvalue weighted by molar-refractivity contribution is 6.32. The fraction of sp³-hybridized carbons (Fsp3) is 0.417. The summed E-state index contributed by atoms with van der Waals surface area (Å²) < 4.78 is 7.19. The average molecular weight is 485 g/mol. The molecule has 1 aliphatic rings. The number of anilines is 3. The second kappa shape index (κ2) is 10.3. The Labute approximate surface area is 203 Å². The first kappa shape index (κ1) is 23.8. The summed E-state index contributed by atoms with van der Waals surface area (Å²) in [6.07, 6.45) is 5.09. The van der Waals surface area contributed by atoms with Crippen LogP contribution in [0.1, 0.15) is 39.2 Å². The van der Waals surface area contributed by atoms with Gasteiger partial charge < -0.3 is 24.8 Å². The molecule has 0 spiro atoms. The summed E-state index contributed by atoms with van der Waals surface area (Å²) in [6, 6.07) is 7.22. The van der Waals surface area contributed by atoms with Gasteiger partial charge in [0.1, 0.15) is 5.02 Å². The molecule has 0 atom stereocenters. The molecule has 10 heteroatoms. The summed E-state index contributed by atoms with van der Waals surface area (Å²) >= 11 is 6.39. The number of hydrogen-bond donors (Lipinski definition) is 2. The topological polar surface area (TPSA) is 101 Å². The Hall–Kier alpha value is -3.33. The van der Waals surface area contributed by atoms with E-state index in [2.05, 4.69) is 25.5 Å². The number of ether oxygens (including phenoxy) is 1. The van der Waals surface area contributed by atoms with Gasteiger partial charge in [0, 0.05) is 37.3 Å². The molecule has 0 unspecified atom stereocenters. The van der Waals surface area contributed by atoms with Crippen molar-refractivity contribution in [3.8, 4) is 5.75 Å². The third-order valence-electron chi connectivity index (χ3n) is 5.79. The third kappa shape index (κ3) is 5.09. The molecule has 3 aromatic rings. The number of likely N-dealkylation sites (N-methyl/N-ethyl adjacent to an activating group) is 1. The Bertz CT molecular complexity index is 1250. The predicted octanol–water partition coefficient (Wildman–Crippen LogP) is 3.88. The number of fused-ring (bicyclic) bond motifs is 1. The first-order valence-corrected chi connectivity index (χ1v) is 11.8. The molecule has 2 N–H and O–H groups in total. The van der Waals surface area contributed by atoms with Crippen molar-refractivity contribution in [2.24, 2.45) is 0 Å². The van der Waals surface area contributed by atoms with Crippen molar-refractivity contribution in [2.45, 2.75) is 39.2 Å². The molecule has 1 amide bonds. The van der Waals surface area contributed by atoms with Gasteiger partial charge in [0.15, 0.2) is 18.2 Å². The molecule has 180 valence electrons. The monoisotopic (exact) mass is 484 g/mol. The van der Waals surface area contributed by atoms with Crippen LogP contribution in [0.5, 0.6) is 5.75 Å². The maximum Gasteiger partial charge on any atom is 0.293 e. The molecule has 1 saturated heterocycles. The largest absolute Gasteiger partial charge is 0.478 e. The normalized spacial score (nSPS) is 13.9. The number of nitrogens with one attached hydrogen (secondary N) is 2. The van der Waals surface area contributed by atoms with E-state index in [4.69, 9.17) is 16.3 Å². The number of amides is 1. The fourth-order valence-corrected chi connectivity index (χ4v) is 4.20. The van der Waals surface area contributed by atoms with E-state index in [1.165, 1.54) is 13.5 Å². The summed E-state index contributed by atoms with van der Waals surface area (Å²) in [7, 11) is 1.52. The Morgan fingerprint density at radius 1 is 1.21 bits per heavy atom. The van der Waals surface area contributed by atoms with Crippen LogP contribution >= 0.6 is 11.6 Å². The zero-order chi connectivity index (χ0) is 24.2. The van der Waals surface area contributed by atoms with Crippen molar-refractivity contribution in [3.63, 3.8) is 0 Å².